The predicted molar refractivity (Wildman–Crippen MR) is 59.4 cm³/mol. The molecule has 14 heavy (non-hydrogen) atoms. The molecule has 2 N–H and O–H groups in total. The minimum Gasteiger partial charge on any atom is -0.396 e. The van der Waals surface area contributed by atoms with Gasteiger partial charge in [0.05, 0.1) is 0 Å². The molecule has 0 amide bonds. The van der Waals surface area contributed by atoms with Crippen molar-refractivity contribution >= 4 is 0 Å². The van der Waals surface area contributed by atoms with Crippen molar-refractivity contribution in [2.24, 2.45) is 5.41 Å². The summed E-state index contributed by atoms with van der Waals surface area (Å²) in [4.78, 5) is 0. The fourth-order valence-electron chi connectivity index (χ4n) is 1.11. The van der Waals surface area contributed by atoms with Gasteiger partial charge < -0.3 is 15.2 Å². The Balaban J connectivity index is 3.68. The molecule has 0 bridgehead atoms. The number of aliphatic hydroxyl groups is 1. The van der Waals surface area contributed by atoms with Gasteiger partial charge in [0, 0.05) is 38.3 Å². The summed E-state index contributed by atoms with van der Waals surface area (Å²) in [5.41, 5.74) is 0.0152. The molecule has 86 valence electrons. The molecular formula is C11H25NO2. The molecule has 0 heterocycles. The normalized spacial score (nSPS) is 17.8. The fourth-order valence-corrected chi connectivity index (χ4v) is 1.11. The molecule has 0 saturated heterocycles. The van der Waals surface area contributed by atoms with Gasteiger partial charge in [0.1, 0.15) is 0 Å². The lowest BCUT2D eigenvalue weighted by Gasteiger charge is -2.28. The zero-order chi connectivity index (χ0) is 11.0. The van der Waals surface area contributed by atoms with Crippen LogP contribution in [0.4, 0.5) is 0 Å². The zero-order valence-corrected chi connectivity index (χ0v) is 9.97. The SMILES string of the molecule is CCC(C)(CO)CNC(C)CCOC. The van der Waals surface area contributed by atoms with Gasteiger partial charge in [-0.1, -0.05) is 13.8 Å². The number of rotatable bonds is 8. The minimum absolute atomic E-state index is 0.0152. The summed E-state index contributed by atoms with van der Waals surface area (Å²) in [6, 6.07) is 0.451. The number of methoxy groups -OCH3 is 1. The Morgan fingerprint density at radius 2 is 2.14 bits per heavy atom. The lowest BCUT2D eigenvalue weighted by molar-refractivity contribution is 0.128. The maximum Gasteiger partial charge on any atom is 0.0496 e. The summed E-state index contributed by atoms with van der Waals surface area (Å²) < 4.78 is 5.01. The molecule has 0 aromatic carbocycles. The minimum atomic E-state index is 0.0152. The monoisotopic (exact) mass is 203 g/mol. The Morgan fingerprint density at radius 1 is 1.50 bits per heavy atom. The average molecular weight is 203 g/mol. The van der Waals surface area contributed by atoms with E-state index in [2.05, 4.69) is 26.1 Å². The third-order valence-electron chi connectivity index (χ3n) is 2.87. The number of nitrogens with one attached hydrogen (secondary N) is 1. The summed E-state index contributed by atoms with van der Waals surface area (Å²) in [6.07, 6.45) is 2.01. The molecule has 2 atom stereocenters. The Hall–Kier alpha value is -0.120. The maximum absolute atomic E-state index is 9.21. The molecule has 0 spiro atoms. The number of ether oxygens (including phenoxy) is 1. The van der Waals surface area contributed by atoms with Gasteiger partial charge in [0.15, 0.2) is 0 Å². The molecule has 3 nitrogen and oxygen atoms in total. The molecule has 0 radical (unpaired) electrons. The molecule has 0 aliphatic carbocycles. The van der Waals surface area contributed by atoms with E-state index in [4.69, 9.17) is 4.74 Å². The molecular weight excluding hydrogens is 178 g/mol. The van der Waals surface area contributed by atoms with Crippen molar-refractivity contribution in [2.45, 2.75) is 39.7 Å². The fraction of sp³-hybridized carbons (Fsp3) is 1.00. The van der Waals surface area contributed by atoms with Gasteiger partial charge >= 0.3 is 0 Å². The molecule has 0 fully saturated rings. The van der Waals surface area contributed by atoms with E-state index in [1.54, 1.807) is 7.11 Å². The van der Waals surface area contributed by atoms with Crippen LogP contribution in [-0.4, -0.2) is 38.0 Å². The van der Waals surface area contributed by atoms with Crippen LogP contribution in [0.25, 0.3) is 0 Å². The summed E-state index contributed by atoms with van der Waals surface area (Å²) in [7, 11) is 1.72. The van der Waals surface area contributed by atoms with Gasteiger partial charge in [-0.25, -0.2) is 0 Å². The molecule has 3 heteroatoms. The zero-order valence-electron chi connectivity index (χ0n) is 9.97. The van der Waals surface area contributed by atoms with E-state index in [9.17, 15) is 5.11 Å². The van der Waals surface area contributed by atoms with E-state index in [0.717, 1.165) is 26.0 Å². The van der Waals surface area contributed by atoms with Crippen molar-refractivity contribution in [2.75, 3.05) is 26.9 Å². The first-order valence-electron chi connectivity index (χ1n) is 5.41. The van der Waals surface area contributed by atoms with E-state index < -0.39 is 0 Å². The summed E-state index contributed by atoms with van der Waals surface area (Å²) in [5.74, 6) is 0. The van der Waals surface area contributed by atoms with Crippen LogP contribution in [0, 0.1) is 5.41 Å². The molecule has 0 rings (SSSR count). The topological polar surface area (TPSA) is 41.5 Å². The predicted octanol–water partition coefficient (Wildman–Crippen LogP) is 1.41. The smallest absolute Gasteiger partial charge is 0.0496 e. The summed E-state index contributed by atoms with van der Waals surface area (Å²) in [6.45, 7) is 8.25. The largest absolute Gasteiger partial charge is 0.396 e. The lowest BCUT2D eigenvalue weighted by atomic mass is 9.88. The van der Waals surface area contributed by atoms with Crippen molar-refractivity contribution in [3.63, 3.8) is 0 Å². The Morgan fingerprint density at radius 3 is 2.57 bits per heavy atom. The number of hydrogen-bond acceptors (Lipinski definition) is 3. The van der Waals surface area contributed by atoms with Crippen LogP contribution in [0.1, 0.15) is 33.6 Å². The third-order valence-corrected chi connectivity index (χ3v) is 2.87. The van der Waals surface area contributed by atoms with E-state index in [1.807, 2.05) is 0 Å². The second-order valence-corrected chi connectivity index (χ2v) is 4.39. The van der Waals surface area contributed by atoms with Crippen molar-refractivity contribution in [1.82, 2.24) is 5.32 Å². The maximum atomic E-state index is 9.21. The highest BCUT2D eigenvalue weighted by atomic mass is 16.5. The van der Waals surface area contributed by atoms with Crippen molar-refractivity contribution in [3.8, 4) is 0 Å². The highest BCUT2D eigenvalue weighted by Gasteiger charge is 2.21. The molecule has 0 aromatic heterocycles. The standard InChI is InChI=1S/C11H25NO2/c1-5-11(3,9-13)8-12-10(2)6-7-14-4/h10,12-13H,5-9H2,1-4H3. The first kappa shape index (κ1) is 13.9. The molecule has 0 aliphatic heterocycles. The van der Waals surface area contributed by atoms with Crippen LogP contribution in [0.2, 0.25) is 0 Å². The van der Waals surface area contributed by atoms with Gasteiger partial charge in [-0.2, -0.15) is 0 Å². The quantitative estimate of drug-likeness (QED) is 0.627. The van der Waals surface area contributed by atoms with Gasteiger partial charge in [0.25, 0.3) is 0 Å². The first-order chi connectivity index (χ1) is 6.58. The van der Waals surface area contributed by atoms with E-state index in [0.29, 0.717) is 6.04 Å². The van der Waals surface area contributed by atoms with Crippen LogP contribution < -0.4 is 5.32 Å². The summed E-state index contributed by atoms with van der Waals surface area (Å²) >= 11 is 0. The van der Waals surface area contributed by atoms with Crippen LogP contribution in [0.3, 0.4) is 0 Å². The van der Waals surface area contributed by atoms with Crippen LogP contribution in [0.15, 0.2) is 0 Å². The molecule has 0 aliphatic rings. The van der Waals surface area contributed by atoms with Gasteiger partial charge in [-0.05, 0) is 19.8 Å². The van der Waals surface area contributed by atoms with E-state index in [1.165, 1.54) is 0 Å². The third kappa shape index (κ3) is 5.58. The van der Waals surface area contributed by atoms with Crippen LogP contribution in [0.5, 0.6) is 0 Å². The van der Waals surface area contributed by atoms with Crippen molar-refractivity contribution in [3.05, 3.63) is 0 Å². The number of hydrogen-bond donors (Lipinski definition) is 2. The lowest BCUT2D eigenvalue weighted by Crippen LogP contribution is -2.39. The molecule has 2 unspecified atom stereocenters. The molecule has 0 saturated carbocycles. The van der Waals surface area contributed by atoms with E-state index in [-0.39, 0.29) is 12.0 Å². The van der Waals surface area contributed by atoms with Crippen molar-refractivity contribution < 1.29 is 9.84 Å². The summed E-state index contributed by atoms with van der Waals surface area (Å²) in [5, 5.41) is 12.6. The first-order valence-corrected chi connectivity index (χ1v) is 5.41. The van der Waals surface area contributed by atoms with E-state index >= 15 is 0 Å². The Labute approximate surface area is 87.8 Å². The van der Waals surface area contributed by atoms with Crippen molar-refractivity contribution in [1.29, 1.82) is 0 Å². The Kier molecular flexibility index (Phi) is 7.15. The van der Waals surface area contributed by atoms with Crippen LogP contribution in [-0.2, 0) is 4.74 Å². The average Bonchev–Trinajstić information content (AvgIpc) is 2.23. The van der Waals surface area contributed by atoms with Gasteiger partial charge in [-0.3, -0.25) is 0 Å². The molecule has 0 aromatic rings. The second-order valence-electron chi connectivity index (χ2n) is 4.39. The number of aliphatic hydroxyl groups excluding tert-OH is 1. The Bertz CT molecular complexity index is 135. The van der Waals surface area contributed by atoms with Gasteiger partial charge in [0.2, 0.25) is 0 Å². The second kappa shape index (κ2) is 7.21. The van der Waals surface area contributed by atoms with Gasteiger partial charge in [-0.15, -0.1) is 0 Å². The highest BCUT2D eigenvalue weighted by Crippen LogP contribution is 2.18. The van der Waals surface area contributed by atoms with Crippen LogP contribution >= 0.6 is 0 Å². The highest BCUT2D eigenvalue weighted by molar-refractivity contribution is 4.76.